The molecule has 0 aliphatic heterocycles. The Bertz CT molecular complexity index is 1020. The fourth-order valence-electron chi connectivity index (χ4n) is 4.27. The molecular weight excluding hydrogens is 416 g/mol. The Morgan fingerprint density at radius 2 is 2.03 bits per heavy atom. The van der Waals surface area contributed by atoms with E-state index >= 15 is 0 Å². The zero-order valence-electron chi connectivity index (χ0n) is 17.8. The molecule has 1 N–H and O–H groups in total. The number of carbonyl (C=O) groups is 2. The highest BCUT2D eigenvalue weighted by molar-refractivity contribution is 8.03. The number of carbonyl (C=O) groups excluding carboxylic acids is 2. The molecule has 8 heteroatoms. The summed E-state index contributed by atoms with van der Waals surface area (Å²) in [6, 6.07) is 9.20. The highest BCUT2D eigenvalue weighted by atomic mass is 32.2. The van der Waals surface area contributed by atoms with Gasteiger partial charge in [0, 0.05) is 10.8 Å². The van der Waals surface area contributed by atoms with Gasteiger partial charge in [0.2, 0.25) is 5.78 Å². The molecule has 0 bridgehead atoms. The van der Waals surface area contributed by atoms with Crippen LogP contribution in [-0.4, -0.2) is 53.0 Å². The van der Waals surface area contributed by atoms with Crippen LogP contribution in [0.4, 0.5) is 0 Å². The van der Waals surface area contributed by atoms with Crippen molar-refractivity contribution in [2.45, 2.75) is 42.7 Å². The Morgan fingerprint density at radius 1 is 1.29 bits per heavy atom. The fraction of sp³-hybridized carbons (Fsp3) is 0.435. The van der Waals surface area contributed by atoms with Gasteiger partial charge in [0.15, 0.2) is 17.1 Å². The standard InChI is InChI=1S/C23H26N2O5S/c1-4-5-11-29-22-18-20(30-24-22)19(25(2)3)16-12-15(31-14-9-7-6-8-10-14)13-17(26)23(16,28)21(18)27/h6-10,13,16,19,28H,4-5,11-12H2,1-3H3/t16-,19-,23-/m0/s1. The Morgan fingerprint density at radius 3 is 2.71 bits per heavy atom. The predicted octanol–water partition coefficient (Wildman–Crippen LogP) is 3.65. The zero-order chi connectivity index (χ0) is 22.2. The van der Waals surface area contributed by atoms with Crippen molar-refractivity contribution >= 4 is 23.3 Å². The molecule has 4 rings (SSSR count). The van der Waals surface area contributed by atoms with Gasteiger partial charge in [0.05, 0.1) is 12.6 Å². The predicted molar refractivity (Wildman–Crippen MR) is 116 cm³/mol. The molecule has 7 nitrogen and oxygen atoms in total. The number of ketones is 2. The summed E-state index contributed by atoms with van der Waals surface area (Å²) in [5.41, 5.74) is -2.09. The highest BCUT2D eigenvalue weighted by Gasteiger charge is 2.61. The minimum absolute atomic E-state index is 0.0495. The molecule has 2 aromatic rings. The van der Waals surface area contributed by atoms with E-state index in [2.05, 4.69) is 5.16 Å². The number of aliphatic hydroxyl groups is 1. The van der Waals surface area contributed by atoms with Crippen LogP contribution in [0.2, 0.25) is 0 Å². The van der Waals surface area contributed by atoms with Crippen LogP contribution in [0.3, 0.4) is 0 Å². The largest absolute Gasteiger partial charge is 0.475 e. The lowest BCUT2D eigenvalue weighted by Crippen LogP contribution is -2.60. The van der Waals surface area contributed by atoms with E-state index in [-0.39, 0.29) is 11.4 Å². The Kier molecular flexibility index (Phi) is 6.05. The summed E-state index contributed by atoms with van der Waals surface area (Å²) in [5, 5.41) is 15.5. The van der Waals surface area contributed by atoms with Crippen molar-refractivity contribution < 1.29 is 24.0 Å². The lowest BCUT2D eigenvalue weighted by Gasteiger charge is -2.45. The summed E-state index contributed by atoms with van der Waals surface area (Å²) < 4.78 is 11.2. The molecule has 0 amide bonds. The Hall–Kier alpha value is -2.42. The first-order valence-electron chi connectivity index (χ1n) is 10.4. The van der Waals surface area contributed by atoms with Crippen molar-refractivity contribution in [3.8, 4) is 5.88 Å². The van der Waals surface area contributed by atoms with Gasteiger partial charge < -0.3 is 14.4 Å². The summed E-state index contributed by atoms with van der Waals surface area (Å²) in [6.07, 6.45) is 3.48. The molecule has 1 aromatic carbocycles. The van der Waals surface area contributed by atoms with Crippen molar-refractivity contribution in [2.75, 3.05) is 20.7 Å². The van der Waals surface area contributed by atoms with Gasteiger partial charge in [-0.1, -0.05) is 43.3 Å². The van der Waals surface area contributed by atoms with Gasteiger partial charge in [-0.05, 0) is 55.2 Å². The smallest absolute Gasteiger partial charge is 0.265 e. The number of benzene rings is 1. The van der Waals surface area contributed by atoms with Crippen molar-refractivity contribution in [3.63, 3.8) is 0 Å². The third-order valence-electron chi connectivity index (χ3n) is 5.82. The molecule has 1 aromatic heterocycles. The van der Waals surface area contributed by atoms with E-state index in [9.17, 15) is 14.7 Å². The molecule has 0 spiro atoms. The molecule has 0 fully saturated rings. The van der Waals surface area contributed by atoms with Gasteiger partial charge in [0.25, 0.3) is 5.88 Å². The van der Waals surface area contributed by atoms with E-state index in [1.807, 2.05) is 56.3 Å². The molecule has 3 atom stereocenters. The summed E-state index contributed by atoms with van der Waals surface area (Å²) in [7, 11) is 3.66. The van der Waals surface area contributed by atoms with Crippen LogP contribution in [0.5, 0.6) is 5.88 Å². The number of hydrogen-bond donors (Lipinski definition) is 1. The lowest BCUT2D eigenvalue weighted by molar-refractivity contribution is -0.137. The molecule has 0 radical (unpaired) electrons. The van der Waals surface area contributed by atoms with Gasteiger partial charge in [-0.25, -0.2) is 0 Å². The first kappa shape index (κ1) is 21.8. The molecule has 2 aliphatic carbocycles. The highest BCUT2D eigenvalue weighted by Crippen LogP contribution is 2.52. The second kappa shape index (κ2) is 8.61. The van der Waals surface area contributed by atoms with Gasteiger partial charge in [-0.2, -0.15) is 0 Å². The summed E-state index contributed by atoms with van der Waals surface area (Å²) in [5.74, 6) is -1.60. The zero-order valence-corrected chi connectivity index (χ0v) is 18.6. The maximum Gasteiger partial charge on any atom is 0.265 e. The van der Waals surface area contributed by atoms with E-state index in [4.69, 9.17) is 9.26 Å². The molecule has 31 heavy (non-hydrogen) atoms. The minimum atomic E-state index is -2.17. The Balaban J connectivity index is 1.73. The molecule has 2 aliphatic rings. The second-order valence-electron chi connectivity index (χ2n) is 8.13. The van der Waals surface area contributed by atoms with Gasteiger partial charge >= 0.3 is 0 Å². The molecule has 164 valence electrons. The summed E-state index contributed by atoms with van der Waals surface area (Å²) in [4.78, 5) is 30.2. The molecular formula is C23H26N2O5S. The summed E-state index contributed by atoms with van der Waals surface area (Å²) in [6.45, 7) is 2.41. The van der Waals surface area contributed by atoms with Crippen LogP contribution in [-0.2, 0) is 4.79 Å². The van der Waals surface area contributed by atoms with E-state index in [1.165, 1.54) is 17.8 Å². The van der Waals surface area contributed by atoms with E-state index in [1.54, 1.807) is 0 Å². The number of hydrogen-bond acceptors (Lipinski definition) is 8. The number of nitrogens with zero attached hydrogens (tertiary/aromatic N) is 2. The third-order valence-corrected chi connectivity index (χ3v) is 6.88. The first-order chi connectivity index (χ1) is 14.9. The second-order valence-corrected chi connectivity index (χ2v) is 9.33. The van der Waals surface area contributed by atoms with Crippen LogP contribution in [0, 0.1) is 5.92 Å². The van der Waals surface area contributed by atoms with Crippen molar-refractivity contribution in [1.82, 2.24) is 10.1 Å². The topological polar surface area (TPSA) is 92.9 Å². The number of fused-ring (bicyclic) bond motifs is 2. The third kappa shape index (κ3) is 3.73. The minimum Gasteiger partial charge on any atom is -0.475 e. The van der Waals surface area contributed by atoms with Gasteiger partial charge in [0.1, 0.15) is 5.56 Å². The van der Waals surface area contributed by atoms with Crippen LogP contribution >= 0.6 is 11.8 Å². The van der Waals surface area contributed by atoms with E-state index < -0.39 is 29.1 Å². The van der Waals surface area contributed by atoms with Gasteiger partial charge in [-0.3, -0.25) is 14.5 Å². The Labute approximate surface area is 185 Å². The number of Topliss-reactive ketones (excluding diaryl/α,β-unsaturated/α-hetero) is 1. The van der Waals surface area contributed by atoms with Gasteiger partial charge in [-0.15, -0.1) is 0 Å². The monoisotopic (exact) mass is 442 g/mol. The number of ether oxygens (including phenoxy) is 1. The summed E-state index contributed by atoms with van der Waals surface area (Å²) >= 11 is 1.47. The molecule has 0 unspecified atom stereocenters. The van der Waals surface area contributed by atoms with Crippen LogP contribution < -0.4 is 4.74 Å². The average Bonchev–Trinajstić information content (AvgIpc) is 3.15. The molecule has 0 saturated heterocycles. The van der Waals surface area contributed by atoms with Crippen LogP contribution in [0.25, 0.3) is 0 Å². The van der Waals surface area contributed by atoms with Crippen LogP contribution in [0.15, 0.2) is 50.7 Å². The van der Waals surface area contributed by atoms with Crippen molar-refractivity contribution in [2.24, 2.45) is 5.92 Å². The van der Waals surface area contributed by atoms with Crippen LogP contribution in [0.1, 0.15) is 48.3 Å². The number of rotatable bonds is 7. The van der Waals surface area contributed by atoms with E-state index in [0.29, 0.717) is 18.8 Å². The maximum atomic E-state index is 13.4. The lowest BCUT2D eigenvalue weighted by atomic mass is 9.65. The average molecular weight is 443 g/mol. The maximum absolute atomic E-state index is 13.4. The molecule has 0 saturated carbocycles. The fourth-order valence-corrected chi connectivity index (χ4v) is 5.30. The van der Waals surface area contributed by atoms with Crippen molar-refractivity contribution in [1.29, 1.82) is 0 Å². The number of thioether (sulfide) groups is 1. The van der Waals surface area contributed by atoms with E-state index in [0.717, 1.165) is 22.6 Å². The normalized spacial score (nSPS) is 25.3. The quantitative estimate of drug-likeness (QED) is 0.513. The molecule has 1 heterocycles. The SMILES string of the molecule is CCCCOc1noc2c1C(=O)[C@@]1(O)C(=O)C=C(Sc3ccccc3)C[C@H]1[C@@H]2N(C)C. The number of aromatic nitrogens is 1. The number of allylic oxidation sites excluding steroid dienone is 1. The number of unbranched alkanes of at least 4 members (excludes halogenated alkanes) is 1. The van der Waals surface area contributed by atoms with Crippen molar-refractivity contribution in [3.05, 3.63) is 52.6 Å². The first-order valence-corrected chi connectivity index (χ1v) is 11.2.